The van der Waals surface area contributed by atoms with Gasteiger partial charge in [0.25, 0.3) is 0 Å². The number of carboxylic acid groups (broad SMARTS) is 1. The molecule has 0 aliphatic carbocycles. The Morgan fingerprint density at radius 2 is 2.33 bits per heavy atom. The van der Waals surface area contributed by atoms with Gasteiger partial charge in [-0.2, -0.15) is 5.10 Å². The van der Waals surface area contributed by atoms with Crippen LogP contribution in [-0.4, -0.2) is 21.3 Å². The number of benzene rings is 1. The van der Waals surface area contributed by atoms with Gasteiger partial charge < -0.3 is 10.8 Å². The van der Waals surface area contributed by atoms with Gasteiger partial charge in [-0.3, -0.25) is 9.89 Å². The van der Waals surface area contributed by atoms with Gasteiger partial charge in [0.15, 0.2) is 0 Å². The van der Waals surface area contributed by atoms with E-state index in [1.807, 2.05) is 0 Å². The van der Waals surface area contributed by atoms with Crippen molar-refractivity contribution in [3.8, 4) is 0 Å². The average Bonchev–Trinajstić information content (AvgIpc) is 2.59. The number of rotatable bonds is 2. The number of nitrogens with one attached hydrogen (secondary N) is 1. The molecule has 1 aromatic heterocycles. The van der Waals surface area contributed by atoms with Crippen LogP contribution in [0.25, 0.3) is 10.9 Å². The van der Waals surface area contributed by atoms with E-state index < -0.39 is 17.8 Å². The Balaban J connectivity index is 2.59. The Morgan fingerprint density at radius 3 is 3.00 bits per heavy atom. The van der Waals surface area contributed by atoms with Gasteiger partial charge in [-0.1, -0.05) is 0 Å². The van der Waals surface area contributed by atoms with Gasteiger partial charge in [0.2, 0.25) is 0 Å². The summed E-state index contributed by atoms with van der Waals surface area (Å²) in [6, 6.07) is 2.71. The maximum Gasteiger partial charge on any atom is 0.326 e. The number of aromatic amines is 1. The monoisotopic (exact) mass is 209 g/mol. The number of hydrogen-bond donors (Lipinski definition) is 3. The van der Waals surface area contributed by atoms with E-state index >= 15 is 0 Å². The predicted octanol–water partition coefficient (Wildman–Crippen LogP) is 0.786. The SMILES string of the molecule is NC(C(=O)O)c1[nH]nc2cc(F)ccc12. The molecule has 2 aromatic rings. The maximum absolute atomic E-state index is 12.8. The third-order valence-electron chi connectivity index (χ3n) is 2.12. The Bertz CT molecular complexity index is 523. The Morgan fingerprint density at radius 1 is 1.60 bits per heavy atom. The quantitative estimate of drug-likeness (QED) is 0.681. The standard InChI is InChI=1S/C9H8FN3O2/c10-4-1-2-5-6(3-4)12-13-8(5)7(11)9(14)15/h1-3,7H,11H2,(H,12,13)(H,14,15). The zero-order valence-corrected chi connectivity index (χ0v) is 7.57. The molecule has 0 amide bonds. The lowest BCUT2D eigenvalue weighted by Gasteiger charge is -2.02. The number of H-pyrrole nitrogens is 1. The van der Waals surface area contributed by atoms with E-state index in [-0.39, 0.29) is 5.69 Å². The van der Waals surface area contributed by atoms with Crippen LogP contribution in [-0.2, 0) is 4.79 Å². The van der Waals surface area contributed by atoms with Gasteiger partial charge in [0.1, 0.15) is 11.9 Å². The molecule has 4 N–H and O–H groups in total. The smallest absolute Gasteiger partial charge is 0.326 e. The first-order valence-electron chi connectivity index (χ1n) is 4.21. The molecule has 15 heavy (non-hydrogen) atoms. The fraction of sp³-hybridized carbons (Fsp3) is 0.111. The number of carboxylic acids is 1. The number of aliphatic carboxylic acids is 1. The molecule has 0 saturated heterocycles. The number of carbonyl (C=O) groups is 1. The van der Waals surface area contributed by atoms with Crippen LogP contribution >= 0.6 is 0 Å². The van der Waals surface area contributed by atoms with E-state index in [1.165, 1.54) is 18.2 Å². The van der Waals surface area contributed by atoms with Gasteiger partial charge in [0, 0.05) is 11.5 Å². The summed E-state index contributed by atoms with van der Waals surface area (Å²) in [4.78, 5) is 10.7. The minimum absolute atomic E-state index is 0.275. The summed E-state index contributed by atoms with van der Waals surface area (Å²) in [7, 11) is 0. The molecule has 1 heterocycles. The van der Waals surface area contributed by atoms with Crippen molar-refractivity contribution in [1.82, 2.24) is 10.2 Å². The summed E-state index contributed by atoms with van der Waals surface area (Å²) in [6.45, 7) is 0. The third kappa shape index (κ3) is 1.55. The van der Waals surface area contributed by atoms with Crippen molar-refractivity contribution < 1.29 is 14.3 Å². The number of nitrogens with two attached hydrogens (primary N) is 1. The first-order chi connectivity index (χ1) is 7.09. The predicted molar refractivity (Wildman–Crippen MR) is 50.6 cm³/mol. The molecule has 0 spiro atoms. The minimum atomic E-state index is -1.18. The second-order valence-electron chi connectivity index (χ2n) is 3.11. The molecule has 1 unspecified atom stereocenters. The second kappa shape index (κ2) is 3.32. The largest absolute Gasteiger partial charge is 0.480 e. The molecule has 0 bridgehead atoms. The molecule has 1 aromatic carbocycles. The van der Waals surface area contributed by atoms with Crippen molar-refractivity contribution in [2.45, 2.75) is 6.04 Å². The van der Waals surface area contributed by atoms with Gasteiger partial charge >= 0.3 is 5.97 Å². The van der Waals surface area contributed by atoms with E-state index in [2.05, 4.69) is 10.2 Å². The third-order valence-corrected chi connectivity index (χ3v) is 2.12. The zero-order valence-electron chi connectivity index (χ0n) is 7.57. The highest BCUT2D eigenvalue weighted by Crippen LogP contribution is 2.21. The highest BCUT2D eigenvalue weighted by Gasteiger charge is 2.19. The average molecular weight is 209 g/mol. The number of fused-ring (bicyclic) bond motifs is 1. The van der Waals surface area contributed by atoms with E-state index in [9.17, 15) is 9.18 Å². The van der Waals surface area contributed by atoms with Crippen LogP contribution in [0.15, 0.2) is 18.2 Å². The summed E-state index contributed by atoms with van der Waals surface area (Å²) in [5.41, 5.74) is 6.06. The van der Waals surface area contributed by atoms with Crippen molar-refractivity contribution in [3.63, 3.8) is 0 Å². The molecule has 1 atom stereocenters. The van der Waals surface area contributed by atoms with Crippen LogP contribution in [0.5, 0.6) is 0 Å². The van der Waals surface area contributed by atoms with Gasteiger partial charge in [-0.05, 0) is 12.1 Å². The van der Waals surface area contributed by atoms with Crippen molar-refractivity contribution in [3.05, 3.63) is 29.7 Å². The summed E-state index contributed by atoms with van der Waals surface area (Å²) in [5.74, 6) is -1.59. The lowest BCUT2D eigenvalue weighted by Crippen LogP contribution is -2.21. The lowest BCUT2D eigenvalue weighted by molar-refractivity contribution is -0.138. The summed E-state index contributed by atoms with van der Waals surface area (Å²) in [6.07, 6.45) is 0. The molecule has 6 heteroatoms. The van der Waals surface area contributed by atoms with Crippen molar-refractivity contribution in [2.24, 2.45) is 5.73 Å². The summed E-state index contributed by atoms with van der Waals surface area (Å²) < 4.78 is 12.8. The molecule has 5 nitrogen and oxygen atoms in total. The van der Waals surface area contributed by atoms with Crippen molar-refractivity contribution in [1.29, 1.82) is 0 Å². The Kier molecular flexibility index (Phi) is 2.12. The summed E-state index contributed by atoms with van der Waals surface area (Å²) in [5, 5.41) is 15.5. The zero-order chi connectivity index (χ0) is 11.0. The molecular formula is C9H8FN3O2. The highest BCUT2D eigenvalue weighted by molar-refractivity contribution is 5.87. The first kappa shape index (κ1) is 9.60. The Hall–Kier alpha value is -1.95. The lowest BCUT2D eigenvalue weighted by atomic mass is 10.1. The van der Waals surface area contributed by atoms with Crippen LogP contribution in [0.1, 0.15) is 11.7 Å². The van der Waals surface area contributed by atoms with Gasteiger partial charge in [-0.25, -0.2) is 4.39 Å². The van der Waals surface area contributed by atoms with E-state index in [4.69, 9.17) is 10.8 Å². The van der Waals surface area contributed by atoms with Gasteiger partial charge in [0.05, 0.1) is 11.2 Å². The van der Waals surface area contributed by atoms with Crippen LogP contribution in [0.4, 0.5) is 4.39 Å². The molecular weight excluding hydrogens is 201 g/mol. The maximum atomic E-state index is 12.8. The molecule has 78 valence electrons. The normalized spacial score (nSPS) is 12.9. The fourth-order valence-corrected chi connectivity index (χ4v) is 1.37. The highest BCUT2D eigenvalue weighted by atomic mass is 19.1. The molecule has 0 aliphatic heterocycles. The van der Waals surface area contributed by atoms with Gasteiger partial charge in [-0.15, -0.1) is 0 Å². The summed E-state index contributed by atoms with van der Waals surface area (Å²) >= 11 is 0. The number of nitrogens with zero attached hydrogens (tertiary/aromatic N) is 1. The van der Waals surface area contributed by atoms with Crippen molar-refractivity contribution >= 4 is 16.9 Å². The van der Waals surface area contributed by atoms with E-state index in [0.29, 0.717) is 10.9 Å². The molecule has 2 rings (SSSR count). The minimum Gasteiger partial charge on any atom is -0.480 e. The van der Waals surface area contributed by atoms with Crippen molar-refractivity contribution in [2.75, 3.05) is 0 Å². The second-order valence-corrected chi connectivity index (χ2v) is 3.11. The molecule has 0 saturated carbocycles. The van der Waals surface area contributed by atoms with Crippen LogP contribution < -0.4 is 5.73 Å². The molecule has 0 aliphatic rings. The van der Waals surface area contributed by atoms with Crippen LogP contribution in [0, 0.1) is 5.82 Å². The molecule has 0 fully saturated rings. The van der Waals surface area contributed by atoms with Crippen LogP contribution in [0.3, 0.4) is 0 Å². The number of hydrogen-bond acceptors (Lipinski definition) is 3. The fourth-order valence-electron chi connectivity index (χ4n) is 1.37. The topological polar surface area (TPSA) is 92.0 Å². The number of halogens is 1. The number of aromatic nitrogens is 2. The van der Waals surface area contributed by atoms with E-state index in [0.717, 1.165) is 0 Å². The van der Waals surface area contributed by atoms with Crippen LogP contribution in [0.2, 0.25) is 0 Å². The molecule has 0 radical (unpaired) electrons. The van der Waals surface area contributed by atoms with E-state index in [1.54, 1.807) is 0 Å². The Labute approximate surface area is 83.7 Å². The first-order valence-corrected chi connectivity index (χ1v) is 4.21.